The third kappa shape index (κ3) is 3.60. The maximum atomic E-state index is 7.35. The van der Waals surface area contributed by atoms with Crippen molar-refractivity contribution in [2.75, 3.05) is 0 Å². The van der Waals surface area contributed by atoms with Crippen LogP contribution in [0, 0.1) is 12.3 Å². The van der Waals surface area contributed by atoms with E-state index in [1.807, 2.05) is 13.0 Å². The zero-order valence-corrected chi connectivity index (χ0v) is 12.9. The van der Waals surface area contributed by atoms with E-state index in [2.05, 4.69) is 37.9 Å². The molecule has 0 atom stereocenters. The van der Waals surface area contributed by atoms with Crippen LogP contribution < -0.4 is 10.5 Å². The Labute approximate surface area is 125 Å². The quantitative estimate of drug-likeness (QED) is 0.665. The number of nitrogens with zero attached hydrogens (tertiary/aromatic N) is 1. The molecule has 1 aromatic carbocycles. The van der Waals surface area contributed by atoms with Crippen LogP contribution in [-0.2, 0) is 5.41 Å². The molecule has 2 rings (SSSR count). The number of pyridine rings is 1. The number of benzene rings is 1. The first-order valence-electron chi connectivity index (χ1n) is 6.87. The smallest absolute Gasteiger partial charge is 0.145 e. The second-order valence-corrected chi connectivity index (χ2v) is 6.14. The molecule has 0 saturated carbocycles. The number of nitrogen functional groups attached to an aromatic ring is 1. The molecule has 4 heteroatoms. The molecule has 21 heavy (non-hydrogen) atoms. The van der Waals surface area contributed by atoms with E-state index in [9.17, 15) is 0 Å². The zero-order valence-electron chi connectivity index (χ0n) is 12.9. The summed E-state index contributed by atoms with van der Waals surface area (Å²) in [7, 11) is 0. The number of aromatic nitrogens is 1. The number of ether oxygens (including phenoxy) is 1. The molecule has 0 aliphatic heterocycles. The Morgan fingerprint density at radius 1 is 1.19 bits per heavy atom. The van der Waals surface area contributed by atoms with E-state index in [0.717, 1.165) is 16.9 Å². The van der Waals surface area contributed by atoms with Gasteiger partial charge in [0.2, 0.25) is 0 Å². The average Bonchev–Trinajstić information content (AvgIpc) is 2.38. The van der Waals surface area contributed by atoms with Crippen LogP contribution in [0.3, 0.4) is 0 Å². The molecule has 0 fully saturated rings. The van der Waals surface area contributed by atoms with E-state index in [-0.39, 0.29) is 11.3 Å². The summed E-state index contributed by atoms with van der Waals surface area (Å²) in [5.41, 5.74) is 8.13. The van der Waals surface area contributed by atoms with Crippen LogP contribution in [0.15, 0.2) is 36.5 Å². The molecular formula is C17H21N3O. The number of hydrogen-bond donors (Lipinski definition) is 2. The summed E-state index contributed by atoms with van der Waals surface area (Å²) in [5.74, 6) is 1.42. The maximum Gasteiger partial charge on any atom is 0.145 e. The van der Waals surface area contributed by atoms with Crippen molar-refractivity contribution in [1.29, 1.82) is 5.41 Å². The Balaban J connectivity index is 2.34. The largest absolute Gasteiger partial charge is 0.455 e. The van der Waals surface area contributed by atoms with Gasteiger partial charge in [-0.1, -0.05) is 32.9 Å². The first-order chi connectivity index (χ1) is 9.77. The molecule has 1 aromatic heterocycles. The molecule has 0 unspecified atom stereocenters. The summed E-state index contributed by atoms with van der Waals surface area (Å²) < 4.78 is 5.98. The Hall–Kier alpha value is -2.36. The minimum atomic E-state index is -0.0486. The minimum Gasteiger partial charge on any atom is -0.455 e. The lowest BCUT2D eigenvalue weighted by molar-refractivity contribution is 0.453. The Morgan fingerprint density at radius 3 is 2.43 bits per heavy atom. The fraction of sp³-hybridized carbons (Fsp3) is 0.294. The normalized spacial score (nSPS) is 11.2. The molecule has 1 heterocycles. The van der Waals surface area contributed by atoms with Gasteiger partial charge < -0.3 is 10.5 Å². The molecule has 0 saturated heterocycles. The van der Waals surface area contributed by atoms with Crippen LogP contribution in [0.5, 0.6) is 11.5 Å². The lowest BCUT2D eigenvalue weighted by Crippen LogP contribution is -2.13. The van der Waals surface area contributed by atoms with Crippen molar-refractivity contribution in [2.24, 2.45) is 5.73 Å². The Kier molecular flexibility index (Phi) is 3.98. The number of aryl methyl sites for hydroxylation is 1. The molecular weight excluding hydrogens is 262 g/mol. The molecule has 0 radical (unpaired) electrons. The van der Waals surface area contributed by atoms with E-state index in [0.29, 0.717) is 11.4 Å². The SMILES string of the molecule is Cc1ccc(C(C)(C)C)c(Oc2ccc(C(=N)N)nc2)c1. The number of nitrogens with one attached hydrogen (secondary N) is 1. The molecule has 0 bridgehead atoms. The van der Waals surface area contributed by atoms with Gasteiger partial charge in [-0.2, -0.15) is 0 Å². The van der Waals surface area contributed by atoms with Crippen molar-refractivity contribution in [3.05, 3.63) is 53.3 Å². The highest BCUT2D eigenvalue weighted by Crippen LogP contribution is 2.34. The standard InChI is InChI=1S/C17H21N3O/c1-11-5-7-13(17(2,3)4)15(9-11)21-12-6-8-14(16(18)19)20-10-12/h5-10H,1-4H3,(H3,18,19). The number of amidine groups is 1. The molecule has 2 aromatic rings. The molecule has 0 amide bonds. The zero-order chi connectivity index (χ0) is 15.6. The van der Waals surface area contributed by atoms with Gasteiger partial charge in [-0.05, 0) is 36.1 Å². The van der Waals surface area contributed by atoms with E-state index >= 15 is 0 Å². The van der Waals surface area contributed by atoms with E-state index in [1.165, 1.54) is 0 Å². The first-order valence-corrected chi connectivity index (χ1v) is 6.87. The first kappa shape index (κ1) is 15.0. The molecule has 0 aliphatic rings. The summed E-state index contributed by atoms with van der Waals surface area (Å²) in [4.78, 5) is 4.11. The van der Waals surface area contributed by atoms with Crippen molar-refractivity contribution < 1.29 is 4.74 Å². The van der Waals surface area contributed by atoms with Gasteiger partial charge in [0.1, 0.15) is 23.0 Å². The molecule has 0 aliphatic carbocycles. The topological polar surface area (TPSA) is 72.0 Å². The monoisotopic (exact) mass is 283 g/mol. The van der Waals surface area contributed by atoms with Crippen molar-refractivity contribution in [1.82, 2.24) is 4.98 Å². The van der Waals surface area contributed by atoms with Gasteiger partial charge in [-0.15, -0.1) is 0 Å². The lowest BCUT2D eigenvalue weighted by atomic mass is 9.86. The van der Waals surface area contributed by atoms with Gasteiger partial charge in [0, 0.05) is 5.56 Å². The molecule has 4 nitrogen and oxygen atoms in total. The number of nitrogens with two attached hydrogens (primary N) is 1. The second kappa shape index (κ2) is 5.56. The predicted molar refractivity (Wildman–Crippen MR) is 85.2 cm³/mol. The fourth-order valence-corrected chi connectivity index (χ4v) is 2.06. The highest BCUT2D eigenvalue weighted by atomic mass is 16.5. The van der Waals surface area contributed by atoms with Crippen LogP contribution in [0.2, 0.25) is 0 Å². The van der Waals surface area contributed by atoms with Crippen molar-refractivity contribution in [3.8, 4) is 11.5 Å². The van der Waals surface area contributed by atoms with Crippen LogP contribution in [0.25, 0.3) is 0 Å². The third-order valence-electron chi connectivity index (χ3n) is 3.19. The van der Waals surface area contributed by atoms with Crippen molar-refractivity contribution >= 4 is 5.84 Å². The third-order valence-corrected chi connectivity index (χ3v) is 3.19. The van der Waals surface area contributed by atoms with Gasteiger partial charge in [-0.3, -0.25) is 5.41 Å². The van der Waals surface area contributed by atoms with Gasteiger partial charge in [-0.25, -0.2) is 4.98 Å². The second-order valence-electron chi connectivity index (χ2n) is 6.14. The van der Waals surface area contributed by atoms with Crippen LogP contribution in [0.1, 0.15) is 37.6 Å². The Morgan fingerprint density at radius 2 is 1.90 bits per heavy atom. The van der Waals surface area contributed by atoms with E-state index in [1.54, 1.807) is 18.3 Å². The van der Waals surface area contributed by atoms with Gasteiger partial charge in [0.25, 0.3) is 0 Å². The number of hydrogen-bond acceptors (Lipinski definition) is 3. The van der Waals surface area contributed by atoms with Gasteiger partial charge >= 0.3 is 0 Å². The lowest BCUT2D eigenvalue weighted by Gasteiger charge is -2.23. The van der Waals surface area contributed by atoms with E-state index < -0.39 is 0 Å². The van der Waals surface area contributed by atoms with Crippen LogP contribution in [0.4, 0.5) is 0 Å². The van der Waals surface area contributed by atoms with Gasteiger partial charge in [0.15, 0.2) is 0 Å². The minimum absolute atomic E-state index is 0.00418. The highest BCUT2D eigenvalue weighted by molar-refractivity contribution is 5.92. The number of rotatable bonds is 3. The van der Waals surface area contributed by atoms with Crippen molar-refractivity contribution in [3.63, 3.8) is 0 Å². The fourth-order valence-electron chi connectivity index (χ4n) is 2.06. The van der Waals surface area contributed by atoms with Gasteiger partial charge in [0.05, 0.1) is 6.20 Å². The summed E-state index contributed by atoms with van der Waals surface area (Å²) >= 11 is 0. The molecule has 3 N–H and O–H groups in total. The average molecular weight is 283 g/mol. The molecule has 0 spiro atoms. The Bertz CT molecular complexity index is 655. The molecule has 110 valence electrons. The highest BCUT2D eigenvalue weighted by Gasteiger charge is 2.19. The maximum absolute atomic E-state index is 7.35. The van der Waals surface area contributed by atoms with Crippen LogP contribution in [-0.4, -0.2) is 10.8 Å². The van der Waals surface area contributed by atoms with Crippen molar-refractivity contribution in [2.45, 2.75) is 33.1 Å². The van der Waals surface area contributed by atoms with E-state index in [4.69, 9.17) is 15.9 Å². The summed E-state index contributed by atoms with van der Waals surface area (Å²) in [6.45, 7) is 8.50. The summed E-state index contributed by atoms with van der Waals surface area (Å²) in [5, 5.41) is 7.35. The summed E-state index contributed by atoms with van der Waals surface area (Å²) in [6.07, 6.45) is 1.59. The predicted octanol–water partition coefficient (Wildman–Crippen LogP) is 3.76. The summed E-state index contributed by atoms with van der Waals surface area (Å²) in [6, 6.07) is 9.68. The van der Waals surface area contributed by atoms with Crippen LogP contribution >= 0.6 is 0 Å².